The van der Waals surface area contributed by atoms with E-state index in [1.807, 2.05) is 18.2 Å². The Bertz CT molecular complexity index is 401. The fraction of sp³-hybridized carbons (Fsp3) is 0.571. The summed E-state index contributed by atoms with van der Waals surface area (Å²) < 4.78 is 5.18. The van der Waals surface area contributed by atoms with Crippen LogP contribution in [0, 0.1) is 0 Å². The Labute approximate surface area is 108 Å². The first-order chi connectivity index (χ1) is 8.63. The molecule has 4 N–H and O–H groups in total. The van der Waals surface area contributed by atoms with E-state index < -0.39 is 5.60 Å². The van der Waals surface area contributed by atoms with Gasteiger partial charge in [0.15, 0.2) is 0 Å². The third kappa shape index (κ3) is 3.07. The van der Waals surface area contributed by atoms with Gasteiger partial charge in [-0.2, -0.15) is 0 Å². The number of nitrogens with one attached hydrogen (secondary N) is 1. The number of nitrogen functional groups attached to an aromatic ring is 1. The highest BCUT2D eigenvalue weighted by molar-refractivity contribution is 5.61. The minimum absolute atomic E-state index is 0.563. The number of methoxy groups -OCH3 is 1. The predicted octanol–water partition coefficient (Wildman–Crippen LogP) is 2.38. The van der Waals surface area contributed by atoms with E-state index in [-0.39, 0.29) is 0 Å². The Morgan fingerprint density at radius 3 is 2.72 bits per heavy atom. The summed E-state index contributed by atoms with van der Waals surface area (Å²) in [6.07, 6.45) is 5.22. The Morgan fingerprint density at radius 2 is 2.06 bits per heavy atom. The zero-order valence-corrected chi connectivity index (χ0v) is 10.9. The lowest BCUT2D eigenvalue weighted by Crippen LogP contribution is -2.38. The van der Waals surface area contributed by atoms with Crippen LogP contribution in [-0.2, 0) is 0 Å². The lowest BCUT2D eigenvalue weighted by atomic mass is 9.85. The van der Waals surface area contributed by atoms with Gasteiger partial charge in [0.25, 0.3) is 0 Å². The fourth-order valence-corrected chi connectivity index (χ4v) is 2.47. The van der Waals surface area contributed by atoms with Crippen molar-refractivity contribution in [1.29, 1.82) is 0 Å². The molecule has 1 aromatic rings. The largest absolute Gasteiger partial charge is 0.495 e. The van der Waals surface area contributed by atoms with E-state index in [2.05, 4.69) is 5.32 Å². The first kappa shape index (κ1) is 13.0. The van der Waals surface area contributed by atoms with Crippen LogP contribution in [0.5, 0.6) is 5.75 Å². The normalized spacial score (nSPS) is 18.3. The standard InChI is InChI=1S/C14H22N2O2/c1-18-13-9-11(5-6-12(13)15)16-10-14(17)7-3-2-4-8-14/h5-6,9,16-17H,2-4,7-8,10,15H2,1H3. The molecule has 0 heterocycles. The minimum Gasteiger partial charge on any atom is -0.495 e. The molecule has 0 bridgehead atoms. The van der Waals surface area contributed by atoms with Crippen LogP contribution < -0.4 is 15.8 Å². The number of hydrogen-bond donors (Lipinski definition) is 3. The van der Waals surface area contributed by atoms with Gasteiger partial charge in [-0.05, 0) is 25.0 Å². The molecule has 4 nitrogen and oxygen atoms in total. The van der Waals surface area contributed by atoms with Gasteiger partial charge >= 0.3 is 0 Å². The first-order valence-electron chi connectivity index (χ1n) is 6.53. The molecule has 0 radical (unpaired) electrons. The number of anilines is 2. The Morgan fingerprint density at radius 1 is 1.33 bits per heavy atom. The van der Waals surface area contributed by atoms with Gasteiger partial charge in [0.1, 0.15) is 5.75 Å². The molecule has 1 aromatic carbocycles. The molecule has 0 spiro atoms. The van der Waals surface area contributed by atoms with Crippen molar-refractivity contribution in [3.8, 4) is 5.75 Å². The Balaban J connectivity index is 1.97. The zero-order valence-electron chi connectivity index (χ0n) is 10.9. The second-order valence-electron chi connectivity index (χ2n) is 5.10. The molecule has 0 aromatic heterocycles. The van der Waals surface area contributed by atoms with Gasteiger partial charge in [0.2, 0.25) is 0 Å². The number of benzene rings is 1. The molecule has 1 aliphatic carbocycles. The minimum atomic E-state index is -0.563. The maximum Gasteiger partial charge on any atom is 0.143 e. The van der Waals surface area contributed by atoms with Gasteiger partial charge in [-0.25, -0.2) is 0 Å². The molecule has 2 rings (SSSR count). The maximum atomic E-state index is 10.4. The molecule has 1 aliphatic rings. The third-order valence-electron chi connectivity index (χ3n) is 3.64. The molecule has 1 fully saturated rings. The topological polar surface area (TPSA) is 67.5 Å². The fourth-order valence-electron chi connectivity index (χ4n) is 2.47. The van der Waals surface area contributed by atoms with Crippen LogP contribution in [0.1, 0.15) is 32.1 Å². The maximum absolute atomic E-state index is 10.4. The van der Waals surface area contributed by atoms with Gasteiger partial charge in [-0.3, -0.25) is 0 Å². The molecule has 0 saturated heterocycles. The van der Waals surface area contributed by atoms with Crippen molar-refractivity contribution in [3.05, 3.63) is 18.2 Å². The first-order valence-corrected chi connectivity index (χ1v) is 6.53. The quantitative estimate of drug-likeness (QED) is 0.718. The zero-order chi connectivity index (χ0) is 13.0. The average molecular weight is 250 g/mol. The van der Waals surface area contributed by atoms with Gasteiger partial charge in [-0.1, -0.05) is 19.3 Å². The van der Waals surface area contributed by atoms with E-state index in [1.54, 1.807) is 7.11 Å². The van der Waals surface area contributed by atoms with E-state index in [9.17, 15) is 5.11 Å². The number of ether oxygens (including phenoxy) is 1. The monoisotopic (exact) mass is 250 g/mol. The predicted molar refractivity (Wildman–Crippen MR) is 73.9 cm³/mol. The molecule has 18 heavy (non-hydrogen) atoms. The smallest absolute Gasteiger partial charge is 0.143 e. The van der Waals surface area contributed by atoms with Gasteiger partial charge < -0.3 is 20.9 Å². The SMILES string of the molecule is COc1cc(NCC2(O)CCCCC2)ccc1N. The highest BCUT2D eigenvalue weighted by atomic mass is 16.5. The summed E-state index contributed by atoms with van der Waals surface area (Å²) in [4.78, 5) is 0. The van der Waals surface area contributed by atoms with Crippen LogP contribution in [0.4, 0.5) is 11.4 Å². The van der Waals surface area contributed by atoms with Crippen molar-refractivity contribution in [2.75, 3.05) is 24.7 Å². The number of nitrogens with two attached hydrogens (primary N) is 1. The third-order valence-corrected chi connectivity index (χ3v) is 3.64. The molecule has 1 saturated carbocycles. The van der Waals surface area contributed by atoms with E-state index in [0.717, 1.165) is 31.4 Å². The van der Waals surface area contributed by atoms with Gasteiger partial charge in [-0.15, -0.1) is 0 Å². The highest BCUT2D eigenvalue weighted by Gasteiger charge is 2.28. The summed E-state index contributed by atoms with van der Waals surface area (Å²) in [5.74, 6) is 0.663. The molecule has 0 amide bonds. The van der Waals surface area contributed by atoms with Crippen LogP contribution in [0.15, 0.2) is 18.2 Å². The van der Waals surface area contributed by atoms with Crippen molar-refractivity contribution < 1.29 is 9.84 Å². The van der Waals surface area contributed by atoms with Crippen molar-refractivity contribution in [2.24, 2.45) is 0 Å². The summed E-state index contributed by atoms with van der Waals surface area (Å²) in [5, 5.41) is 13.7. The second-order valence-corrected chi connectivity index (χ2v) is 5.10. The van der Waals surface area contributed by atoms with Crippen LogP contribution >= 0.6 is 0 Å². The second kappa shape index (κ2) is 5.48. The van der Waals surface area contributed by atoms with Crippen molar-refractivity contribution >= 4 is 11.4 Å². The van der Waals surface area contributed by atoms with Crippen LogP contribution in [0.2, 0.25) is 0 Å². The van der Waals surface area contributed by atoms with E-state index in [0.29, 0.717) is 18.0 Å². The van der Waals surface area contributed by atoms with Crippen molar-refractivity contribution in [2.45, 2.75) is 37.7 Å². The lowest BCUT2D eigenvalue weighted by molar-refractivity contribution is 0.0167. The van der Waals surface area contributed by atoms with Gasteiger partial charge in [0, 0.05) is 18.3 Å². The molecule has 0 aliphatic heterocycles. The molecule has 0 unspecified atom stereocenters. The summed E-state index contributed by atoms with van der Waals surface area (Å²) in [6.45, 7) is 0.583. The van der Waals surface area contributed by atoms with Crippen LogP contribution in [0.3, 0.4) is 0 Å². The van der Waals surface area contributed by atoms with Crippen LogP contribution in [-0.4, -0.2) is 24.4 Å². The summed E-state index contributed by atoms with van der Waals surface area (Å²) >= 11 is 0. The number of rotatable bonds is 4. The van der Waals surface area contributed by atoms with Crippen LogP contribution in [0.25, 0.3) is 0 Å². The lowest BCUT2D eigenvalue weighted by Gasteiger charge is -2.32. The van der Waals surface area contributed by atoms with Crippen molar-refractivity contribution in [1.82, 2.24) is 0 Å². The highest BCUT2D eigenvalue weighted by Crippen LogP contribution is 2.29. The van der Waals surface area contributed by atoms with E-state index in [1.165, 1.54) is 6.42 Å². The molecular weight excluding hydrogens is 228 g/mol. The molecule has 0 atom stereocenters. The Kier molecular flexibility index (Phi) is 3.97. The number of hydrogen-bond acceptors (Lipinski definition) is 4. The summed E-state index contributed by atoms with van der Waals surface area (Å²) in [6, 6.07) is 5.58. The molecule has 100 valence electrons. The number of aliphatic hydroxyl groups is 1. The summed E-state index contributed by atoms with van der Waals surface area (Å²) in [7, 11) is 1.60. The van der Waals surface area contributed by atoms with E-state index >= 15 is 0 Å². The average Bonchev–Trinajstić information content (AvgIpc) is 2.39. The van der Waals surface area contributed by atoms with Crippen molar-refractivity contribution in [3.63, 3.8) is 0 Å². The molecule has 4 heteroatoms. The van der Waals surface area contributed by atoms with E-state index in [4.69, 9.17) is 10.5 Å². The molecular formula is C14H22N2O2. The Hall–Kier alpha value is -1.42. The van der Waals surface area contributed by atoms with Gasteiger partial charge in [0.05, 0.1) is 18.4 Å². The summed E-state index contributed by atoms with van der Waals surface area (Å²) in [5.41, 5.74) is 6.76.